The van der Waals surface area contributed by atoms with Crippen molar-refractivity contribution in [2.75, 3.05) is 33.2 Å². The van der Waals surface area contributed by atoms with Crippen LogP contribution in [0.1, 0.15) is 39.0 Å². The molecule has 1 N–H and O–H groups in total. The van der Waals surface area contributed by atoms with E-state index in [0.29, 0.717) is 0 Å². The van der Waals surface area contributed by atoms with Gasteiger partial charge in [0, 0.05) is 19.6 Å². The third-order valence-corrected chi connectivity index (χ3v) is 4.52. The minimum atomic E-state index is -0.262. The molecule has 1 atom stereocenters. The fourth-order valence-electron chi connectivity index (χ4n) is 2.97. The van der Waals surface area contributed by atoms with Crippen molar-refractivity contribution < 1.29 is 9.53 Å². The van der Waals surface area contributed by atoms with E-state index in [0.717, 1.165) is 58.3 Å². The predicted octanol–water partition coefficient (Wildman–Crippen LogP) is 1.40. The van der Waals surface area contributed by atoms with Crippen LogP contribution in [-0.2, 0) is 9.53 Å². The molecule has 1 unspecified atom stereocenters. The van der Waals surface area contributed by atoms with Gasteiger partial charge in [0.25, 0.3) is 0 Å². The Hall–Kier alpha value is -0.610. The van der Waals surface area contributed by atoms with Gasteiger partial charge in [-0.05, 0) is 45.7 Å². The maximum Gasteiger partial charge on any atom is 0.313 e. The van der Waals surface area contributed by atoms with Crippen LogP contribution in [-0.4, -0.2) is 50.2 Å². The van der Waals surface area contributed by atoms with Crippen LogP contribution in [0.5, 0.6) is 0 Å². The molecule has 0 aromatic rings. The van der Waals surface area contributed by atoms with Gasteiger partial charge in [0.05, 0.1) is 5.41 Å². The van der Waals surface area contributed by atoms with Crippen molar-refractivity contribution in [3.05, 3.63) is 0 Å². The molecule has 2 rings (SSSR count). The number of rotatable bonds is 3. The van der Waals surface area contributed by atoms with E-state index in [4.69, 9.17) is 4.74 Å². The molecule has 0 aromatic carbocycles. The van der Waals surface area contributed by atoms with Crippen molar-refractivity contribution in [1.29, 1.82) is 0 Å². The van der Waals surface area contributed by atoms with Crippen molar-refractivity contribution in [1.82, 2.24) is 10.2 Å². The van der Waals surface area contributed by atoms with Crippen LogP contribution < -0.4 is 5.32 Å². The molecule has 2 heterocycles. The van der Waals surface area contributed by atoms with E-state index in [2.05, 4.69) is 24.2 Å². The summed E-state index contributed by atoms with van der Waals surface area (Å²) in [5.74, 6) is 0.0340. The third-order valence-electron chi connectivity index (χ3n) is 4.52. The Morgan fingerprint density at radius 2 is 2.17 bits per heavy atom. The minimum absolute atomic E-state index is 0.0340. The first-order chi connectivity index (χ1) is 8.66. The quantitative estimate of drug-likeness (QED) is 0.773. The number of hydrogen-bond acceptors (Lipinski definition) is 4. The summed E-state index contributed by atoms with van der Waals surface area (Å²) in [5.41, 5.74) is -0.262. The van der Waals surface area contributed by atoms with Crippen LogP contribution in [0.4, 0.5) is 0 Å². The van der Waals surface area contributed by atoms with Crippen molar-refractivity contribution in [3.8, 4) is 0 Å². The van der Waals surface area contributed by atoms with Gasteiger partial charge in [-0.25, -0.2) is 0 Å². The van der Waals surface area contributed by atoms with Gasteiger partial charge >= 0.3 is 5.97 Å². The summed E-state index contributed by atoms with van der Waals surface area (Å²) in [4.78, 5) is 14.7. The van der Waals surface area contributed by atoms with Gasteiger partial charge in [0.1, 0.15) is 6.10 Å². The molecule has 2 saturated heterocycles. The van der Waals surface area contributed by atoms with E-state index in [1.165, 1.54) is 0 Å². The Balaban J connectivity index is 1.89. The van der Waals surface area contributed by atoms with Gasteiger partial charge in [0.2, 0.25) is 0 Å². The molecule has 2 aliphatic rings. The topological polar surface area (TPSA) is 41.6 Å². The largest absolute Gasteiger partial charge is 0.462 e. The zero-order valence-electron chi connectivity index (χ0n) is 11.7. The number of nitrogens with one attached hydrogen (secondary N) is 1. The Kier molecular flexibility index (Phi) is 4.62. The zero-order valence-corrected chi connectivity index (χ0v) is 11.7. The fraction of sp³-hybridized carbons (Fsp3) is 0.929. The van der Waals surface area contributed by atoms with Crippen LogP contribution >= 0.6 is 0 Å². The number of nitrogens with zero attached hydrogens (tertiary/aromatic N) is 1. The molecule has 0 spiro atoms. The standard InChI is InChI=1S/C14H26N2O2/c1-3-14(7-4-8-15-11-14)13(17)18-12-5-9-16(2)10-6-12/h12,15H,3-11H2,1-2H3. The Morgan fingerprint density at radius 1 is 1.44 bits per heavy atom. The lowest BCUT2D eigenvalue weighted by Crippen LogP contribution is -2.47. The summed E-state index contributed by atoms with van der Waals surface area (Å²) in [5, 5.41) is 3.34. The van der Waals surface area contributed by atoms with E-state index >= 15 is 0 Å². The van der Waals surface area contributed by atoms with Gasteiger partial charge in [-0.1, -0.05) is 6.92 Å². The second kappa shape index (κ2) is 6.02. The van der Waals surface area contributed by atoms with E-state index in [-0.39, 0.29) is 17.5 Å². The summed E-state index contributed by atoms with van der Waals surface area (Å²) in [7, 11) is 2.12. The van der Waals surface area contributed by atoms with Crippen molar-refractivity contribution in [2.24, 2.45) is 5.41 Å². The van der Waals surface area contributed by atoms with Crippen LogP contribution in [0.15, 0.2) is 0 Å². The molecular weight excluding hydrogens is 228 g/mol. The average molecular weight is 254 g/mol. The first-order valence-corrected chi connectivity index (χ1v) is 7.26. The molecule has 0 aromatic heterocycles. The summed E-state index contributed by atoms with van der Waals surface area (Å²) < 4.78 is 5.77. The molecule has 0 aliphatic carbocycles. The van der Waals surface area contributed by atoms with Crippen molar-refractivity contribution in [2.45, 2.75) is 45.1 Å². The maximum absolute atomic E-state index is 12.4. The fourth-order valence-corrected chi connectivity index (χ4v) is 2.97. The first kappa shape index (κ1) is 13.8. The average Bonchev–Trinajstić information content (AvgIpc) is 2.42. The van der Waals surface area contributed by atoms with Gasteiger partial charge in [0.15, 0.2) is 0 Å². The van der Waals surface area contributed by atoms with E-state index in [1.54, 1.807) is 0 Å². The Morgan fingerprint density at radius 3 is 2.72 bits per heavy atom. The van der Waals surface area contributed by atoms with Crippen LogP contribution in [0, 0.1) is 5.41 Å². The Bertz CT molecular complexity index is 280. The smallest absolute Gasteiger partial charge is 0.313 e. The molecular formula is C14H26N2O2. The number of piperidine rings is 2. The summed E-state index contributed by atoms with van der Waals surface area (Å²) in [6, 6.07) is 0. The Labute approximate surface area is 110 Å². The number of likely N-dealkylation sites (tertiary alicyclic amines) is 1. The molecule has 2 aliphatic heterocycles. The highest BCUT2D eigenvalue weighted by Gasteiger charge is 2.40. The van der Waals surface area contributed by atoms with Crippen molar-refractivity contribution in [3.63, 3.8) is 0 Å². The second-order valence-electron chi connectivity index (χ2n) is 5.82. The first-order valence-electron chi connectivity index (χ1n) is 7.26. The van der Waals surface area contributed by atoms with Crippen LogP contribution in [0.2, 0.25) is 0 Å². The molecule has 0 saturated carbocycles. The number of carbonyl (C=O) groups is 1. The summed E-state index contributed by atoms with van der Waals surface area (Å²) in [6.07, 6.45) is 5.04. The lowest BCUT2D eigenvalue weighted by Gasteiger charge is -2.37. The predicted molar refractivity (Wildman–Crippen MR) is 71.4 cm³/mol. The number of esters is 1. The number of ether oxygens (including phenoxy) is 1. The molecule has 4 nitrogen and oxygen atoms in total. The minimum Gasteiger partial charge on any atom is -0.462 e. The van der Waals surface area contributed by atoms with Gasteiger partial charge in [-0.2, -0.15) is 0 Å². The number of hydrogen-bond donors (Lipinski definition) is 1. The van der Waals surface area contributed by atoms with Gasteiger partial charge < -0.3 is 15.0 Å². The van der Waals surface area contributed by atoms with Gasteiger partial charge in [-0.15, -0.1) is 0 Å². The lowest BCUT2D eigenvalue weighted by molar-refractivity contribution is -0.165. The zero-order chi connectivity index (χ0) is 13.0. The molecule has 2 fully saturated rings. The van der Waals surface area contributed by atoms with E-state index in [1.807, 2.05) is 0 Å². The van der Waals surface area contributed by atoms with Gasteiger partial charge in [-0.3, -0.25) is 4.79 Å². The summed E-state index contributed by atoms with van der Waals surface area (Å²) >= 11 is 0. The second-order valence-corrected chi connectivity index (χ2v) is 5.82. The molecule has 4 heteroatoms. The molecule has 0 bridgehead atoms. The summed E-state index contributed by atoms with van der Waals surface area (Å²) in [6.45, 7) is 5.99. The normalized spacial score (nSPS) is 31.2. The van der Waals surface area contributed by atoms with Crippen LogP contribution in [0.25, 0.3) is 0 Å². The highest BCUT2D eigenvalue weighted by molar-refractivity contribution is 5.77. The lowest BCUT2D eigenvalue weighted by atomic mass is 9.78. The number of carbonyl (C=O) groups excluding carboxylic acids is 1. The highest BCUT2D eigenvalue weighted by atomic mass is 16.5. The van der Waals surface area contributed by atoms with Crippen molar-refractivity contribution >= 4 is 5.97 Å². The highest BCUT2D eigenvalue weighted by Crippen LogP contribution is 2.32. The monoisotopic (exact) mass is 254 g/mol. The van der Waals surface area contributed by atoms with E-state index in [9.17, 15) is 4.79 Å². The molecule has 0 amide bonds. The van der Waals surface area contributed by atoms with Crippen LogP contribution in [0.3, 0.4) is 0 Å². The third kappa shape index (κ3) is 3.04. The maximum atomic E-state index is 12.4. The SMILES string of the molecule is CCC1(C(=O)OC2CCN(C)CC2)CCCNC1. The molecule has 0 radical (unpaired) electrons. The van der Waals surface area contributed by atoms with E-state index < -0.39 is 0 Å². The molecule has 104 valence electrons. The molecule has 18 heavy (non-hydrogen) atoms.